The van der Waals surface area contributed by atoms with Crippen LogP contribution in [0.5, 0.6) is 0 Å². The normalized spacial score (nSPS) is 26.4. The molecule has 2 aliphatic rings. The summed E-state index contributed by atoms with van der Waals surface area (Å²) in [6.45, 7) is 4.22. The molecule has 0 radical (unpaired) electrons. The van der Waals surface area contributed by atoms with Crippen molar-refractivity contribution in [2.24, 2.45) is 17.3 Å². The third-order valence-electron chi connectivity index (χ3n) is 5.72. The number of fused-ring (bicyclic) bond motifs is 1. The lowest BCUT2D eigenvalue weighted by atomic mass is 9.54. The highest BCUT2D eigenvalue weighted by atomic mass is 35.5. The Labute approximate surface area is 174 Å². The van der Waals surface area contributed by atoms with E-state index in [0.717, 1.165) is 18.5 Å². The molecule has 1 unspecified atom stereocenters. The molecule has 1 aromatic rings. The first-order valence-corrected chi connectivity index (χ1v) is 9.88. The first kappa shape index (κ1) is 20.4. The summed E-state index contributed by atoms with van der Waals surface area (Å²) in [5, 5.41) is 39.2. The maximum absolute atomic E-state index is 10.1. The molecule has 0 bridgehead atoms. The Morgan fingerprint density at radius 3 is 2.39 bits per heavy atom. The number of rotatable bonds is 3. The van der Waals surface area contributed by atoms with Gasteiger partial charge >= 0.3 is 0 Å². The van der Waals surface area contributed by atoms with E-state index in [9.17, 15) is 15.8 Å². The molecule has 1 saturated carbocycles. The fourth-order valence-corrected chi connectivity index (χ4v) is 5.12. The van der Waals surface area contributed by atoms with E-state index in [1.54, 1.807) is 18.2 Å². The summed E-state index contributed by atoms with van der Waals surface area (Å²) in [5.74, 6) is -1.90. The van der Waals surface area contributed by atoms with Crippen molar-refractivity contribution < 1.29 is 0 Å². The molecule has 0 saturated heterocycles. The topological polar surface area (TPSA) is 98.5 Å². The van der Waals surface area contributed by atoms with Crippen LogP contribution in [0.2, 0.25) is 10.0 Å². The third-order valence-corrected chi connectivity index (χ3v) is 6.38. The van der Waals surface area contributed by atoms with Crippen LogP contribution in [0.3, 0.4) is 0 Å². The van der Waals surface area contributed by atoms with Gasteiger partial charge in [0.25, 0.3) is 0 Å². The van der Waals surface area contributed by atoms with Gasteiger partial charge < -0.3 is 5.41 Å². The molecule has 7 heteroatoms. The van der Waals surface area contributed by atoms with Gasteiger partial charge in [-0.05, 0) is 36.2 Å². The van der Waals surface area contributed by atoms with Crippen LogP contribution in [0.25, 0.3) is 0 Å². The van der Waals surface area contributed by atoms with Gasteiger partial charge in [-0.3, -0.25) is 4.90 Å². The molecule has 0 amide bonds. The number of nitrogens with one attached hydrogen (secondary N) is 1. The Morgan fingerprint density at radius 2 is 1.86 bits per heavy atom. The molecular weight excluding hydrogens is 393 g/mol. The van der Waals surface area contributed by atoms with Gasteiger partial charge in [-0.25, -0.2) is 0 Å². The molecule has 1 aromatic carbocycles. The molecule has 3 rings (SSSR count). The van der Waals surface area contributed by atoms with E-state index in [0.29, 0.717) is 28.7 Å². The molecule has 0 spiro atoms. The monoisotopic (exact) mass is 411 g/mol. The molecule has 1 heterocycles. The minimum absolute atomic E-state index is 0.188. The molecule has 1 aliphatic carbocycles. The van der Waals surface area contributed by atoms with E-state index in [4.69, 9.17) is 28.6 Å². The zero-order chi connectivity index (χ0) is 20.5. The second kappa shape index (κ2) is 7.94. The van der Waals surface area contributed by atoms with E-state index in [1.807, 2.05) is 6.08 Å². The summed E-state index contributed by atoms with van der Waals surface area (Å²) in [5.41, 5.74) is -0.689. The lowest BCUT2D eigenvalue weighted by Gasteiger charge is -2.48. The molecule has 3 atom stereocenters. The lowest BCUT2D eigenvalue weighted by molar-refractivity contribution is 0.204. The number of benzene rings is 1. The summed E-state index contributed by atoms with van der Waals surface area (Å²) < 4.78 is 0. The summed E-state index contributed by atoms with van der Waals surface area (Å²) in [6.07, 6.45) is 2.94. The van der Waals surface area contributed by atoms with Gasteiger partial charge in [-0.1, -0.05) is 42.3 Å². The van der Waals surface area contributed by atoms with Gasteiger partial charge in [0.05, 0.1) is 23.9 Å². The zero-order valence-electron chi connectivity index (χ0n) is 15.4. The molecule has 28 heavy (non-hydrogen) atoms. The average Bonchev–Trinajstić information content (AvgIpc) is 2.69. The molecule has 0 aromatic heterocycles. The molecule has 142 valence electrons. The highest BCUT2D eigenvalue weighted by Gasteiger charge is 2.58. The lowest BCUT2D eigenvalue weighted by Crippen LogP contribution is -2.53. The SMILES string of the molecule is CCCN1CC=C2C(C#N)C(=N)C(C#N)(C#N)[C@@H](c3c(Cl)cccc3Cl)[C@H]2C1. The van der Waals surface area contributed by atoms with Crippen LogP contribution in [0.15, 0.2) is 29.8 Å². The first-order valence-electron chi connectivity index (χ1n) is 9.12. The minimum atomic E-state index is -1.80. The van der Waals surface area contributed by atoms with Crippen LogP contribution in [0.1, 0.15) is 24.8 Å². The molecule has 1 fully saturated rings. The minimum Gasteiger partial charge on any atom is -0.305 e. The van der Waals surface area contributed by atoms with Gasteiger partial charge in [0.2, 0.25) is 0 Å². The Bertz CT molecular complexity index is 928. The van der Waals surface area contributed by atoms with Gasteiger partial charge in [0, 0.05) is 35.0 Å². The van der Waals surface area contributed by atoms with Gasteiger partial charge in [-0.15, -0.1) is 0 Å². The van der Waals surface area contributed by atoms with Crippen molar-refractivity contribution in [2.75, 3.05) is 19.6 Å². The number of nitrogens with zero attached hydrogens (tertiary/aromatic N) is 4. The van der Waals surface area contributed by atoms with Crippen LogP contribution in [0, 0.1) is 56.7 Å². The Morgan fingerprint density at radius 1 is 1.21 bits per heavy atom. The summed E-state index contributed by atoms with van der Waals surface area (Å²) in [7, 11) is 0. The highest BCUT2D eigenvalue weighted by molar-refractivity contribution is 6.36. The second-order valence-electron chi connectivity index (χ2n) is 7.19. The van der Waals surface area contributed by atoms with Gasteiger partial charge in [0.15, 0.2) is 5.41 Å². The Hall–Kier alpha value is -2.36. The summed E-state index contributed by atoms with van der Waals surface area (Å²) >= 11 is 13.0. The zero-order valence-corrected chi connectivity index (χ0v) is 16.9. The van der Waals surface area contributed by atoms with E-state index in [-0.39, 0.29) is 11.6 Å². The van der Waals surface area contributed by atoms with Crippen LogP contribution in [0.4, 0.5) is 0 Å². The fraction of sp³-hybridized carbons (Fsp3) is 0.429. The summed E-state index contributed by atoms with van der Waals surface area (Å²) in [4.78, 5) is 2.23. The van der Waals surface area contributed by atoms with E-state index < -0.39 is 17.3 Å². The smallest absolute Gasteiger partial charge is 0.189 e. The quantitative estimate of drug-likeness (QED) is 0.737. The van der Waals surface area contributed by atoms with Gasteiger partial charge in [0.1, 0.15) is 5.92 Å². The van der Waals surface area contributed by atoms with E-state index in [1.165, 1.54) is 0 Å². The maximum atomic E-state index is 10.1. The number of nitriles is 3. The predicted octanol–water partition coefficient (Wildman–Crippen LogP) is 4.55. The molecule has 1 N–H and O–H groups in total. The van der Waals surface area contributed by atoms with Crippen molar-refractivity contribution in [3.63, 3.8) is 0 Å². The summed E-state index contributed by atoms with van der Waals surface area (Å²) in [6, 6.07) is 11.3. The van der Waals surface area contributed by atoms with Crippen molar-refractivity contribution in [3.8, 4) is 18.2 Å². The van der Waals surface area contributed by atoms with Crippen LogP contribution >= 0.6 is 23.2 Å². The average molecular weight is 412 g/mol. The first-order chi connectivity index (χ1) is 13.4. The van der Waals surface area contributed by atoms with Crippen LogP contribution < -0.4 is 0 Å². The second-order valence-corrected chi connectivity index (χ2v) is 8.01. The predicted molar refractivity (Wildman–Crippen MR) is 108 cm³/mol. The van der Waals surface area contributed by atoms with E-state index >= 15 is 0 Å². The molecule has 5 nitrogen and oxygen atoms in total. The number of hydrogen-bond acceptors (Lipinski definition) is 5. The fourth-order valence-electron chi connectivity index (χ4n) is 4.49. The van der Waals surface area contributed by atoms with Gasteiger partial charge in [-0.2, -0.15) is 15.8 Å². The maximum Gasteiger partial charge on any atom is 0.189 e. The van der Waals surface area contributed by atoms with Crippen molar-refractivity contribution >= 4 is 28.9 Å². The molecular formula is C21H19Cl2N5. The Kier molecular flexibility index (Phi) is 5.78. The van der Waals surface area contributed by atoms with Crippen molar-refractivity contribution in [2.45, 2.75) is 19.3 Å². The highest BCUT2D eigenvalue weighted by Crippen LogP contribution is 2.55. The standard InChI is InChI=1S/C21H19Cl2N5/c1-2-7-28-8-6-13-14(9-24)20(27)21(11-25,12-26)19(15(13)10-28)18-16(22)4-3-5-17(18)23/h3-6,14-15,19,27H,2,7-8,10H2,1H3/t14?,15-,19+/m0/s1. The van der Waals surface area contributed by atoms with Crippen LogP contribution in [-0.4, -0.2) is 30.2 Å². The number of hydrogen-bond donors (Lipinski definition) is 1. The largest absolute Gasteiger partial charge is 0.305 e. The van der Waals surface area contributed by atoms with Crippen molar-refractivity contribution in [3.05, 3.63) is 45.5 Å². The van der Waals surface area contributed by atoms with E-state index in [2.05, 4.69) is 30.0 Å². The number of halogens is 2. The van der Waals surface area contributed by atoms with Crippen molar-refractivity contribution in [1.29, 1.82) is 21.2 Å². The third kappa shape index (κ3) is 2.99. The van der Waals surface area contributed by atoms with Crippen molar-refractivity contribution in [1.82, 2.24) is 4.90 Å². The molecule has 1 aliphatic heterocycles. The van der Waals surface area contributed by atoms with Crippen LogP contribution in [-0.2, 0) is 0 Å². The Balaban J connectivity index is 2.29.